The first-order valence-electron chi connectivity index (χ1n) is 10.1. The van der Waals surface area contributed by atoms with Gasteiger partial charge < -0.3 is 14.2 Å². The summed E-state index contributed by atoms with van der Waals surface area (Å²) >= 11 is 0. The Kier molecular flexibility index (Phi) is 9.51. The summed E-state index contributed by atoms with van der Waals surface area (Å²) in [5.74, 6) is -0.405. The van der Waals surface area contributed by atoms with Crippen molar-refractivity contribution in [3.05, 3.63) is 54.1 Å². The van der Waals surface area contributed by atoms with Gasteiger partial charge in [0, 0.05) is 0 Å². The third-order valence-corrected chi connectivity index (χ3v) is 4.30. The summed E-state index contributed by atoms with van der Waals surface area (Å²) in [7, 11) is 1.24. The highest BCUT2D eigenvalue weighted by Gasteiger charge is 2.19. The summed E-state index contributed by atoms with van der Waals surface area (Å²) in [4.78, 5) is 23.4. The van der Waals surface area contributed by atoms with Crippen LogP contribution in [0.25, 0.3) is 0 Å². The first-order chi connectivity index (χ1) is 14.5. The van der Waals surface area contributed by atoms with Gasteiger partial charge in [-0.3, -0.25) is 0 Å². The van der Waals surface area contributed by atoms with E-state index < -0.39 is 18.0 Å². The topological polar surface area (TPSA) is 86.5 Å². The van der Waals surface area contributed by atoms with Crippen LogP contribution in [0.15, 0.2) is 58.8 Å². The van der Waals surface area contributed by atoms with Crippen LogP contribution in [0, 0.1) is 0 Å². The lowest BCUT2D eigenvalue weighted by Gasteiger charge is -2.10. The highest BCUT2D eigenvalue weighted by Crippen LogP contribution is 2.22. The summed E-state index contributed by atoms with van der Waals surface area (Å²) < 4.78 is 15.3. The van der Waals surface area contributed by atoms with Crippen molar-refractivity contribution in [1.82, 2.24) is 0 Å². The van der Waals surface area contributed by atoms with Crippen LogP contribution in [0.2, 0.25) is 0 Å². The van der Waals surface area contributed by atoms with Gasteiger partial charge in [0.05, 0.1) is 30.7 Å². The molecule has 0 saturated carbocycles. The number of hydrogen-bond donors (Lipinski definition) is 0. The van der Waals surface area contributed by atoms with Crippen molar-refractivity contribution in [2.75, 3.05) is 13.7 Å². The van der Waals surface area contributed by atoms with Gasteiger partial charge in [0.1, 0.15) is 5.75 Å². The number of hydrogen-bond acceptors (Lipinski definition) is 7. The van der Waals surface area contributed by atoms with Gasteiger partial charge in [-0.2, -0.15) is 10.2 Å². The first-order valence-corrected chi connectivity index (χ1v) is 10.1. The molecule has 2 aromatic rings. The predicted octanol–water partition coefficient (Wildman–Crippen LogP) is 5.78. The molecule has 0 N–H and O–H groups in total. The molecule has 160 valence electrons. The summed E-state index contributed by atoms with van der Waals surface area (Å²) in [5, 5.41) is 8.35. The molecule has 1 atom stereocenters. The van der Waals surface area contributed by atoms with Crippen LogP contribution in [0.1, 0.15) is 49.9 Å². The number of azo groups is 1. The van der Waals surface area contributed by atoms with E-state index in [1.807, 2.05) is 24.3 Å². The van der Waals surface area contributed by atoms with Crippen LogP contribution in [-0.2, 0) is 14.3 Å². The van der Waals surface area contributed by atoms with E-state index in [1.165, 1.54) is 33.3 Å². The third kappa shape index (κ3) is 7.66. The molecule has 0 bridgehead atoms. The molecular weight excluding hydrogens is 384 g/mol. The van der Waals surface area contributed by atoms with Crippen molar-refractivity contribution in [1.29, 1.82) is 0 Å². The molecule has 0 aliphatic heterocycles. The summed E-state index contributed by atoms with van der Waals surface area (Å²) in [6, 6.07) is 13.8. The molecule has 0 fully saturated rings. The summed E-state index contributed by atoms with van der Waals surface area (Å²) in [6.45, 7) is 4.35. The van der Waals surface area contributed by atoms with E-state index in [0.29, 0.717) is 23.5 Å². The first kappa shape index (κ1) is 23.1. The second-order valence-corrected chi connectivity index (χ2v) is 6.72. The molecule has 0 radical (unpaired) electrons. The minimum Gasteiger partial charge on any atom is -0.494 e. The lowest BCUT2D eigenvalue weighted by molar-refractivity contribution is -0.149. The van der Waals surface area contributed by atoms with Crippen LogP contribution in [-0.4, -0.2) is 31.8 Å². The van der Waals surface area contributed by atoms with Gasteiger partial charge in [0.25, 0.3) is 0 Å². The van der Waals surface area contributed by atoms with E-state index in [4.69, 9.17) is 9.47 Å². The molecule has 2 rings (SSSR count). The fraction of sp³-hybridized carbons (Fsp3) is 0.391. The van der Waals surface area contributed by atoms with Gasteiger partial charge >= 0.3 is 11.9 Å². The zero-order valence-electron chi connectivity index (χ0n) is 17.7. The number of methoxy groups -OCH3 is 1. The molecule has 0 spiro atoms. The van der Waals surface area contributed by atoms with Gasteiger partial charge in [-0.05, 0) is 61.9 Å². The van der Waals surface area contributed by atoms with E-state index in [1.54, 1.807) is 24.3 Å². The number of carbonyl (C=O) groups is 2. The Hall–Kier alpha value is -3.22. The van der Waals surface area contributed by atoms with Crippen molar-refractivity contribution in [3.63, 3.8) is 0 Å². The van der Waals surface area contributed by atoms with Gasteiger partial charge in [0.15, 0.2) is 6.10 Å². The van der Waals surface area contributed by atoms with Gasteiger partial charge in [0.2, 0.25) is 0 Å². The minimum absolute atomic E-state index is 0.310. The van der Waals surface area contributed by atoms with E-state index in [-0.39, 0.29) is 0 Å². The van der Waals surface area contributed by atoms with Gasteiger partial charge in [-0.25, -0.2) is 9.59 Å². The normalized spacial score (nSPS) is 11.8. The monoisotopic (exact) mass is 412 g/mol. The molecule has 7 heteroatoms. The zero-order valence-corrected chi connectivity index (χ0v) is 17.7. The molecular formula is C23H28N2O5. The van der Waals surface area contributed by atoms with E-state index in [9.17, 15) is 9.59 Å². The highest BCUT2D eigenvalue weighted by atomic mass is 16.6. The van der Waals surface area contributed by atoms with Crippen LogP contribution < -0.4 is 4.74 Å². The van der Waals surface area contributed by atoms with E-state index in [0.717, 1.165) is 12.2 Å². The maximum atomic E-state index is 12.0. The molecule has 7 nitrogen and oxygen atoms in total. The Morgan fingerprint density at radius 3 is 2.07 bits per heavy atom. The second kappa shape index (κ2) is 12.4. The molecule has 0 amide bonds. The van der Waals surface area contributed by atoms with Crippen molar-refractivity contribution in [2.24, 2.45) is 10.2 Å². The fourth-order valence-corrected chi connectivity index (χ4v) is 2.55. The number of benzene rings is 2. The molecule has 30 heavy (non-hydrogen) atoms. The van der Waals surface area contributed by atoms with Crippen molar-refractivity contribution in [3.8, 4) is 5.75 Å². The van der Waals surface area contributed by atoms with Crippen LogP contribution in [0.4, 0.5) is 11.4 Å². The van der Waals surface area contributed by atoms with Crippen LogP contribution >= 0.6 is 0 Å². The minimum atomic E-state index is -0.967. The maximum Gasteiger partial charge on any atom is 0.346 e. The lowest BCUT2D eigenvalue weighted by atomic mass is 10.2. The lowest BCUT2D eigenvalue weighted by Crippen LogP contribution is -2.25. The van der Waals surface area contributed by atoms with E-state index in [2.05, 4.69) is 21.9 Å². The molecule has 0 aromatic heterocycles. The molecule has 2 aromatic carbocycles. The van der Waals surface area contributed by atoms with Gasteiger partial charge in [-0.1, -0.05) is 26.2 Å². The number of nitrogens with zero attached hydrogens (tertiary/aromatic N) is 2. The average molecular weight is 412 g/mol. The molecule has 0 heterocycles. The number of rotatable bonds is 11. The second-order valence-electron chi connectivity index (χ2n) is 6.72. The number of unbranched alkanes of at least 4 members (excludes halogenated alkanes) is 3. The molecule has 1 unspecified atom stereocenters. The van der Waals surface area contributed by atoms with Crippen LogP contribution in [0.3, 0.4) is 0 Å². The maximum absolute atomic E-state index is 12.0. The standard InChI is InChI=1S/C23H28N2O5/c1-4-5-6-7-16-29-21-14-12-20(13-15-21)25-24-19-10-8-18(9-11-19)23(27)30-17(2)22(26)28-3/h8-15,17H,4-7,16H2,1-3H3. The number of ether oxygens (including phenoxy) is 3. The summed E-state index contributed by atoms with van der Waals surface area (Å²) in [6.07, 6.45) is 3.72. The van der Waals surface area contributed by atoms with Crippen molar-refractivity contribution < 1.29 is 23.8 Å². The Labute approximate surface area is 177 Å². The summed E-state index contributed by atoms with van der Waals surface area (Å²) in [5.41, 5.74) is 1.60. The SMILES string of the molecule is CCCCCCOc1ccc(N=Nc2ccc(C(=O)OC(C)C(=O)OC)cc2)cc1. The third-order valence-electron chi connectivity index (χ3n) is 4.30. The molecule has 0 saturated heterocycles. The predicted molar refractivity (Wildman–Crippen MR) is 114 cm³/mol. The largest absolute Gasteiger partial charge is 0.494 e. The Morgan fingerprint density at radius 2 is 1.50 bits per heavy atom. The highest BCUT2D eigenvalue weighted by molar-refractivity contribution is 5.91. The molecule has 0 aliphatic carbocycles. The smallest absolute Gasteiger partial charge is 0.346 e. The molecule has 0 aliphatic rings. The zero-order chi connectivity index (χ0) is 21.8. The fourth-order valence-electron chi connectivity index (χ4n) is 2.55. The quantitative estimate of drug-likeness (QED) is 0.265. The van der Waals surface area contributed by atoms with Crippen LogP contribution in [0.5, 0.6) is 5.75 Å². The Balaban J connectivity index is 1.86. The number of esters is 2. The van der Waals surface area contributed by atoms with Crippen molar-refractivity contribution >= 4 is 23.3 Å². The average Bonchev–Trinajstić information content (AvgIpc) is 2.78. The Bertz CT molecular complexity index is 832. The van der Waals surface area contributed by atoms with Crippen molar-refractivity contribution in [2.45, 2.75) is 45.6 Å². The number of carbonyl (C=O) groups excluding carboxylic acids is 2. The van der Waals surface area contributed by atoms with E-state index >= 15 is 0 Å². The van der Waals surface area contributed by atoms with Gasteiger partial charge in [-0.15, -0.1) is 0 Å². The Morgan fingerprint density at radius 1 is 0.900 bits per heavy atom.